The molecule has 5 heteroatoms. The second-order valence-corrected chi connectivity index (χ2v) is 6.32. The van der Waals surface area contributed by atoms with Crippen LogP contribution in [0, 0.1) is 5.82 Å². The lowest BCUT2D eigenvalue weighted by Gasteiger charge is -2.05. The zero-order valence-corrected chi connectivity index (χ0v) is 14.0. The van der Waals surface area contributed by atoms with Gasteiger partial charge in [0.15, 0.2) is 0 Å². The number of aromatic amines is 1. The van der Waals surface area contributed by atoms with Crippen molar-refractivity contribution in [3.63, 3.8) is 0 Å². The normalized spacial score (nSPS) is 10.9. The van der Waals surface area contributed by atoms with E-state index in [0.29, 0.717) is 19.4 Å². The van der Waals surface area contributed by atoms with Gasteiger partial charge in [0, 0.05) is 28.1 Å². The molecule has 3 aromatic rings. The molecule has 0 fully saturated rings. The van der Waals surface area contributed by atoms with Crippen LogP contribution in [0.1, 0.15) is 11.1 Å². The molecule has 0 atom stereocenters. The molecule has 0 bridgehead atoms. The molecule has 3 rings (SSSR count). The number of halogens is 2. The number of carbonyl (C=O) groups excluding carboxylic acids is 1. The van der Waals surface area contributed by atoms with Gasteiger partial charge in [0.25, 0.3) is 0 Å². The van der Waals surface area contributed by atoms with E-state index in [1.54, 1.807) is 6.07 Å². The molecule has 1 heterocycles. The maximum absolute atomic E-state index is 13.3. The van der Waals surface area contributed by atoms with Crippen molar-refractivity contribution in [2.24, 2.45) is 0 Å². The molecular formula is C18H16BrFN2O. The van der Waals surface area contributed by atoms with Gasteiger partial charge in [-0.15, -0.1) is 0 Å². The van der Waals surface area contributed by atoms with Gasteiger partial charge in [-0.25, -0.2) is 4.39 Å². The van der Waals surface area contributed by atoms with Crippen molar-refractivity contribution in [1.82, 2.24) is 10.3 Å². The molecule has 118 valence electrons. The summed E-state index contributed by atoms with van der Waals surface area (Å²) >= 11 is 3.37. The monoisotopic (exact) mass is 374 g/mol. The van der Waals surface area contributed by atoms with Crippen molar-refractivity contribution < 1.29 is 9.18 Å². The average molecular weight is 375 g/mol. The van der Waals surface area contributed by atoms with Crippen LogP contribution in [0.3, 0.4) is 0 Å². The van der Waals surface area contributed by atoms with E-state index < -0.39 is 0 Å². The number of benzene rings is 2. The van der Waals surface area contributed by atoms with E-state index in [1.165, 1.54) is 12.1 Å². The quantitative estimate of drug-likeness (QED) is 0.697. The van der Waals surface area contributed by atoms with Crippen LogP contribution in [-0.2, 0) is 17.6 Å². The van der Waals surface area contributed by atoms with Crippen LogP contribution in [0.2, 0.25) is 0 Å². The summed E-state index contributed by atoms with van der Waals surface area (Å²) in [6.45, 7) is 0.527. The molecule has 0 aliphatic carbocycles. The number of amides is 1. The number of nitrogens with one attached hydrogen (secondary N) is 2. The highest BCUT2D eigenvalue weighted by atomic mass is 79.9. The zero-order chi connectivity index (χ0) is 16.2. The fourth-order valence-corrected chi connectivity index (χ4v) is 2.81. The van der Waals surface area contributed by atoms with Gasteiger partial charge in [-0.05, 0) is 47.9 Å². The largest absolute Gasteiger partial charge is 0.361 e. The molecule has 0 aliphatic heterocycles. The standard InChI is InChI=1S/C18H16BrFN2O/c19-14-3-1-12(2-4-14)9-18(23)21-8-7-13-11-22-17-6-5-15(20)10-16(13)17/h1-6,10-11,22H,7-9H2,(H,21,23). The number of hydrogen-bond donors (Lipinski definition) is 2. The first kappa shape index (κ1) is 15.7. The van der Waals surface area contributed by atoms with Gasteiger partial charge in [0.2, 0.25) is 5.91 Å². The third-order valence-electron chi connectivity index (χ3n) is 3.72. The zero-order valence-electron chi connectivity index (χ0n) is 12.4. The van der Waals surface area contributed by atoms with Crippen molar-refractivity contribution in [2.75, 3.05) is 6.54 Å². The number of aromatic nitrogens is 1. The van der Waals surface area contributed by atoms with E-state index in [-0.39, 0.29) is 11.7 Å². The van der Waals surface area contributed by atoms with Crippen molar-refractivity contribution in [2.45, 2.75) is 12.8 Å². The SMILES string of the molecule is O=C(Cc1ccc(Br)cc1)NCCc1c[nH]c2ccc(F)cc12. The maximum Gasteiger partial charge on any atom is 0.224 e. The van der Waals surface area contributed by atoms with Crippen molar-refractivity contribution in [3.05, 3.63) is 70.1 Å². The summed E-state index contributed by atoms with van der Waals surface area (Å²) in [5, 5.41) is 3.77. The Balaban J connectivity index is 1.55. The second-order valence-electron chi connectivity index (χ2n) is 5.41. The summed E-state index contributed by atoms with van der Waals surface area (Å²) in [6.07, 6.45) is 2.89. The maximum atomic E-state index is 13.3. The number of fused-ring (bicyclic) bond motifs is 1. The van der Waals surface area contributed by atoms with Crippen LogP contribution in [0.25, 0.3) is 10.9 Å². The average Bonchev–Trinajstić information content (AvgIpc) is 2.92. The molecule has 0 saturated heterocycles. The van der Waals surface area contributed by atoms with Crippen LogP contribution < -0.4 is 5.32 Å². The molecular weight excluding hydrogens is 359 g/mol. The lowest BCUT2D eigenvalue weighted by molar-refractivity contribution is -0.120. The number of carbonyl (C=O) groups is 1. The van der Waals surface area contributed by atoms with Gasteiger partial charge < -0.3 is 10.3 Å². The molecule has 2 aromatic carbocycles. The van der Waals surface area contributed by atoms with E-state index in [0.717, 1.165) is 26.5 Å². The Bertz CT molecular complexity index is 827. The third kappa shape index (κ3) is 3.99. The van der Waals surface area contributed by atoms with Gasteiger partial charge in [0.05, 0.1) is 6.42 Å². The van der Waals surface area contributed by atoms with Gasteiger partial charge in [-0.3, -0.25) is 4.79 Å². The summed E-state index contributed by atoms with van der Waals surface area (Å²) in [6, 6.07) is 12.4. The van der Waals surface area contributed by atoms with Gasteiger partial charge in [0.1, 0.15) is 5.82 Å². The molecule has 0 radical (unpaired) electrons. The second kappa shape index (κ2) is 6.96. The predicted octanol–water partition coefficient (Wildman–Crippen LogP) is 3.97. The smallest absolute Gasteiger partial charge is 0.224 e. The minimum Gasteiger partial charge on any atom is -0.361 e. The molecule has 0 saturated carbocycles. The van der Waals surface area contributed by atoms with E-state index in [9.17, 15) is 9.18 Å². The van der Waals surface area contributed by atoms with E-state index >= 15 is 0 Å². The molecule has 0 unspecified atom stereocenters. The van der Waals surface area contributed by atoms with Crippen LogP contribution >= 0.6 is 15.9 Å². The third-order valence-corrected chi connectivity index (χ3v) is 4.25. The van der Waals surface area contributed by atoms with Crippen LogP contribution in [-0.4, -0.2) is 17.4 Å². The molecule has 2 N–H and O–H groups in total. The van der Waals surface area contributed by atoms with E-state index in [4.69, 9.17) is 0 Å². The van der Waals surface area contributed by atoms with E-state index in [2.05, 4.69) is 26.2 Å². The minimum atomic E-state index is -0.252. The van der Waals surface area contributed by atoms with Crippen LogP contribution in [0.4, 0.5) is 4.39 Å². The Morgan fingerprint density at radius 2 is 1.96 bits per heavy atom. The first-order valence-electron chi connectivity index (χ1n) is 7.38. The highest BCUT2D eigenvalue weighted by Crippen LogP contribution is 2.19. The predicted molar refractivity (Wildman–Crippen MR) is 92.8 cm³/mol. The highest BCUT2D eigenvalue weighted by molar-refractivity contribution is 9.10. The van der Waals surface area contributed by atoms with Gasteiger partial charge in [-0.2, -0.15) is 0 Å². The Kier molecular flexibility index (Phi) is 4.76. The first-order chi connectivity index (χ1) is 11.1. The van der Waals surface area contributed by atoms with Crippen LogP contribution in [0.15, 0.2) is 53.1 Å². The molecule has 3 nitrogen and oxygen atoms in total. The van der Waals surface area contributed by atoms with Crippen molar-refractivity contribution >= 4 is 32.7 Å². The summed E-state index contributed by atoms with van der Waals surface area (Å²) in [5.74, 6) is -0.268. The lowest BCUT2D eigenvalue weighted by atomic mass is 10.1. The number of hydrogen-bond acceptors (Lipinski definition) is 1. The summed E-state index contributed by atoms with van der Waals surface area (Å²) < 4.78 is 14.3. The Hall–Kier alpha value is -2.14. The molecule has 23 heavy (non-hydrogen) atoms. The van der Waals surface area contributed by atoms with Crippen LogP contribution in [0.5, 0.6) is 0 Å². The lowest BCUT2D eigenvalue weighted by Crippen LogP contribution is -2.27. The van der Waals surface area contributed by atoms with Gasteiger partial charge in [-0.1, -0.05) is 28.1 Å². The topological polar surface area (TPSA) is 44.9 Å². The molecule has 1 aromatic heterocycles. The molecule has 0 aliphatic rings. The minimum absolute atomic E-state index is 0.0154. The fourth-order valence-electron chi connectivity index (χ4n) is 2.54. The van der Waals surface area contributed by atoms with E-state index in [1.807, 2.05) is 30.5 Å². The highest BCUT2D eigenvalue weighted by Gasteiger charge is 2.07. The molecule has 0 spiro atoms. The Morgan fingerprint density at radius 3 is 2.74 bits per heavy atom. The number of rotatable bonds is 5. The summed E-state index contributed by atoms with van der Waals surface area (Å²) in [4.78, 5) is 15.1. The Morgan fingerprint density at radius 1 is 1.17 bits per heavy atom. The number of H-pyrrole nitrogens is 1. The van der Waals surface area contributed by atoms with Crippen molar-refractivity contribution in [1.29, 1.82) is 0 Å². The fraction of sp³-hybridized carbons (Fsp3) is 0.167. The first-order valence-corrected chi connectivity index (χ1v) is 8.18. The molecule has 1 amide bonds. The Labute approximate surface area is 142 Å². The van der Waals surface area contributed by atoms with Gasteiger partial charge >= 0.3 is 0 Å². The summed E-state index contributed by atoms with van der Waals surface area (Å²) in [7, 11) is 0. The van der Waals surface area contributed by atoms with Crippen molar-refractivity contribution in [3.8, 4) is 0 Å². The summed E-state index contributed by atoms with van der Waals surface area (Å²) in [5.41, 5.74) is 2.88.